The number of nitrogens with zero attached hydrogens (tertiary/aromatic N) is 2. The maximum absolute atomic E-state index is 12.3. The number of nitrogens with one attached hydrogen (secondary N) is 1. The van der Waals surface area contributed by atoms with Gasteiger partial charge in [0.2, 0.25) is 0 Å². The fraction of sp³-hybridized carbons (Fsp3) is 0.0952. The molecular weight excluding hydrogens is 358 g/mol. The number of hydrogen-bond donors (Lipinski definition) is 1. The van der Waals surface area contributed by atoms with Crippen LogP contribution in [0.5, 0.6) is 5.75 Å². The molecule has 1 heterocycles. The zero-order chi connectivity index (χ0) is 18.5. The number of aromatic nitrogens is 2. The lowest BCUT2D eigenvalue weighted by Gasteiger charge is -2.08. The Kier molecular flexibility index (Phi) is 5.07. The van der Waals surface area contributed by atoms with Gasteiger partial charge in [0.05, 0.1) is 11.7 Å². The minimum absolute atomic E-state index is 0.130. The maximum Gasteiger partial charge on any atom is 0.251 e. The van der Waals surface area contributed by atoms with Gasteiger partial charge in [-0.15, -0.1) is 0 Å². The second-order valence-corrected chi connectivity index (χ2v) is 6.60. The first-order chi connectivity index (χ1) is 13.3. The Labute approximate surface area is 161 Å². The third-order valence-corrected chi connectivity index (χ3v) is 4.70. The van der Waals surface area contributed by atoms with Crippen LogP contribution in [0.15, 0.2) is 72.8 Å². The van der Waals surface area contributed by atoms with Gasteiger partial charge in [0.25, 0.3) is 5.91 Å². The molecule has 1 aromatic heterocycles. The summed E-state index contributed by atoms with van der Waals surface area (Å²) in [5, 5.41) is 2.92. The van der Waals surface area contributed by atoms with Crippen LogP contribution >= 0.6 is 11.7 Å². The molecule has 0 spiro atoms. The quantitative estimate of drug-likeness (QED) is 0.549. The van der Waals surface area contributed by atoms with E-state index in [1.165, 1.54) is 0 Å². The summed E-state index contributed by atoms with van der Waals surface area (Å²) in [4.78, 5) is 12.3. The lowest BCUT2D eigenvalue weighted by atomic mass is 10.1. The summed E-state index contributed by atoms with van der Waals surface area (Å²) in [6.45, 7) is 0.982. The number of carbonyl (C=O) groups is 1. The van der Waals surface area contributed by atoms with Crippen molar-refractivity contribution in [3.8, 4) is 5.75 Å². The molecule has 1 N–H and O–H groups in total. The van der Waals surface area contributed by atoms with Crippen LogP contribution in [0.1, 0.15) is 21.5 Å². The summed E-state index contributed by atoms with van der Waals surface area (Å²) in [5.41, 5.74) is 4.26. The monoisotopic (exact) mass is 375 g/mol. The first kappa shape index (κ1) is 17.2. The van der Waals surface area contributed by atoms with Gasteiger partial charge in [0, 0.05) is 12.1 Å². The van der Waals surface area contributed by atoms with Gasteiger partial charge in [0.15, 0.2) is 0 Å². The molecule has 0 atom stereocenters. The van der Waals surface area contributed by atoms with E-state index in [1.807, 2.05) is 60.7 Å². The van der Waals surface area contributed by atoms with Crippen molar-refractivity contribution in [1.29, 1.82) is 0 Å². The molecule has 1 amide bonds. The van der Waals surface area contributed by atoms with Crippen LogP contribution in [0.2, 0.25) is 0 Å². The molecule has 0 bridgehead atoms. The molecule has 0 aliphatic heterocycles. The van der Waals surface area contributed by atoms with Crippen LogP contribution in [0.25, 0.3) is 11.0 Å². The van der Waals surface area contributed by atoms with E-state index in [4.69, 9.17) is 4.74 Å². The standard InChI is InChI=1S/C21H17N3O2S/c25-21(17-8-11-19-20(12-17)24-27-23-19)22-13-15-6-9-18(10-7-15)26-14-16-4-2-1-3-5-16/h1-12H,13-14H2,(H,22,25). The smallest absolute Gasteiger partial charge is 0.251 e. The number of hydrogen-bond acceptors (Lipinski definition) is 5. The van der Waals surface area contributed by atoms with Crippen molar-refractivity contribution in [3.05, 3.63) is 89.5 Å². The largest absolute Gasteiger partial charge is 0.489 e. The molecular formula is C21H17N3O2S. The molecule has 5 nitrogen and oxygen atoms in total. The average molecular weight is 375 g/mol. The molecule has 0 saturated carbocycles. The second-order valence-electron chi connectivity index (χ2n) is 6.07. The molecule has 4 aromatic rings. The molecule has 6 heteroatoms. The van der Waals surface area contributed by atoms with Gasteiger partial charge in [-0.1, -0.05) is 42.5 Å². The van der Waals surface area contributed by atoms with E-state index < -0.39 is 0 Å². The van der Waals surface area contributed by atoms with Gasteiger partial charge in [0.1, 0.15) is 23.4 Å². The molecule has 27 heavy (non-hydrogen) atoms. The van der Waals surface area contributed by atoms with Crippen molar-refractivity contribution in [2.45, 2.75) is 13.2 Å². The minimum Gasteiger partial charge on any atom is -0.489 e. The zero-order valence-electron chi connectivity index (χ0n) is 14.5. The molecule has 3 aromatic carbocycles. The second kappa shape index (κ2) is 7.97. The molecule has 0 fully saturated rings. The van der Waals surface area contributed by atoms with Gasteiger partial charge in [-0.2, -0.15) is 8.75 Å². The first-order valence-electron chi connectivity index (χ1n) is 8.54. The topological polar surface area (TPSA) is 64.1 Å². The summed E-state index contributed by atoms with van der Waals surface area (Å²) in [6.07, 6.45) is 0. The van der Waals surface area contributed by atoms with E-state index in [9.17, 15) is 4.79 Å². The van der Waals surface area contributed by atoms with Crippen molar-refractivity contribution in [2.75, 3.05) is 0 Å². The summed E-state index contributed by atoms with van der Waals surface area (Å²) >= 11 is 1.14. The Hall–Kier alpha value is -3.25. The van der Waals surface area contributed by atoms with Crippen molar-refractivity contribution in [1.82, 2.24) is 14.1 Å². The molecule has 0 aliphatic carbocycles. The molecule has 0 aliphatic rings. The molecule has 134 valence electrons. The number of fused-ring (bicyclic) bond motifs is 1. The fourth-order valence-electron chi connectivity index (χ4n) is 2.65. The highest BCUT2D eigenvalue weighted by Gasteiger charge is 2.08. The minimum atomic E-state index is -0.130. The van der Waals surface area contributed by atoms with Gasteiger partial charge in [-0.3, -0.25) is 4.79 Å². The Morgan fingerprint density at radius 3 is 2.48 bits per heavy atom. The van der Waals surface area contributed by atoms with Gasteiger partial charge >= 0.3 is 0 Å². The molecule has 0 radical (unpaired) electrons. The first-order valence-corrected chi connectivity index (χ1v) is 9.27. The number of benzene rings is 3. The highest BCUT2D eigenvalue weighted by Crippen LogP contribution is 2.15. The van der Waals surface area contributed by atoms with E-state index in [2.05, 4.69) is 14.1 Å². The van der Waals surface area contributed by atoms with Crippen LogP contribution in [-0.2, 0) is 13.2 Å². The third-order valence-electron chi connectivity index (χ3n) is 4.14. The van der Waals surface area contributed by atoms with Gasteiger partial charge in [-0.05, 0) is 41.5 Å². The predicted octanol–water partition coefficient (Wildman–Crippen LogP) is 4.20. The lowest BCUT2D eigenvalue weighted by molar-refractivity contribution is 0.0951. The van der Waals surface area contributed by atoms with Crippen LogP contribution in [0.3, 0.4) is 0 Å². The normalized spacial score (nSPS) is 10.7. The summed E-state index contributed by atoms with van der Waals surface area (Å²) in [5.74, 6) is 0.671. The number of ether oxygens (including phenoxy) is 1. The van der Waals surface area contributed by atoms with E-state index in [0.717, 1.165) is 39.6 Å². The van der Waals surface area contributed by atoms with Crippen molar-refractivity contribution >= 4 is 28.7 Å². The molecule has 0 unspecified atom stereocenters. The Morgan fingerprint density at radius 1 is 0.889 bits per heavy atom. The van der Waals surface area contributed by atoms with Crippen LogP contribution in [0.4, 0.5) is 0 Å². The zero-order valence-corrected chi connectivity index (χ0v) is 15.3. The van der Waals surface area contributed by atoms with Crippen molar-refractivity contribution in [3.63, 3.8) is 0 Å². The highest BCUT2D eigenvalue weighted by atomic mass is 32.1. The highest BCUT2D eigenvalue weighted by molar-refractivity contribution is 7.00. The summed E-state index contributed by atoms with van der Waals surface area (Å²) in [6, 6.07) is 23.1. The van der Waals surface area contributed by atoms with Crippen molar-refractivity contribution in [2.24, 2.45) is 0 Å². The third kappa shape index (κ3) is 4.30. The fourth-order valence-corrected chi connectivity index (χ4v) is 3.17. The Bertz CT molecular complexity index is 1050. The summed E-state index contributed by atoms with van der Waals surface area (Å²) in [7, 11) is 0. The summed E-state index contributed by atoms with van der Waals surface area (Å²) < 4.78 is 14.1. The molecule has 0 saturated heterocycles. The predicted molar refractivity (Wildman–Crippen MR) is 106 cm³/mol. The average Bonchev–Trinajstić information content (AvgIpc) is 3.20. The SMILES string of the molecule is O=C(NCc1ccc(OCc2ccccc2)cc1)c1ccc2nsnc2c1. The Balaban J connectivity index is 1.32. The number of amides is 1. The van der Waals surface area contributed by atoms with Crippen molar-refractivity contribution < 1.29 is 9.53 Å². The van der Waals surface area contributed by atoms with E-state index in [-0.39, 0.29) is 5.91 Å². The molecule has 4 rings (SSSR count). The number of rotatable bonds is 6. The van der Waals surface area contributed by atoms with Gasteiger partial charge < -0.3 is 10.1 Å². The van der Waals surface area contributed by atoms with E-state index in [1.54, 1.807) is 12.1 Å². The van der Waals surface area contributed by atoms with Crippen LogP contribution < -0.4 is 10.1 Å². The van der Waals surface area contributed by atoms with Crippen LogP contribution in [0, 0.1) is 0 Å². The number of carbonyl (C=O) groups excluding carboxylic acids is 1. The maximum atomic E-state index is 12.3. The van der Waals surface area contributed by atoms with Gasteiger partial charge in [-0.25, -0.2) is 0 Å². The Morgan fingerprint density at radius 2 is 1.67 bits per heavy atom. The lowest BCUT2D eigenvalue weighted by Crippen LogP contribution is -2.22. The van der Waals surface area contributed by atoms with E-state index >= 15 is 0 Å². The van der Waals surface area contributed by atoms with Crippen LogP contribution in [-0.4, -0.2) is 14.7 Å². The van der Waals surface area contributed by atoms with E-state index in [0.29, 0.717) is 18.7 Å².